The maximum Gasteiger partial charge on any atom is 0.255 e. The van der Waals surface area contributed by atoms with Crippen LogP contribution in [-0.4, -0.2) is 17.1 Å². The van der Waals surface area contributed by atoms with Gasteiger partial charge in [-0.15, -0.1) is 0 Å². The fourth-order valence-electron chi connectivity index (χ4n) is 5.10. The predicted molar refractivity (Wildman–Crippen MR) is 124 cm³/mol. The molecule has 0 saturated heterocycles. The number of hydrogen-bond acceptors (Lipinski definition) is 3. The molecule has 1 heterocycles. The van der Waals surface area contributed by atoms with Gasteiger partial charge in [0.1, 0.15) is 11.6 Å². The van der Waals surface area contributed by atoms with Crippen LogP contribution >= 0.6 is 11.6 Å². The van der Waals surface area contributed by atoms with Crippen molar-refractivity contribution in [1.82, 2.24) is 4.98 Å². The van der Waals surface area contributed by atoms with E-state index in [-0.39, 0.29) is 28.9 Å². The smallest absolute Gasteiger partial charge is 0.255 e. The van der Waals surface area contributed by atoms with Gasteiger partial charge < -0.3 is 15.5 Å². The number of ether oxygens (including phenoxy) is 1. The Bertz CT molecular complexity index is 1150. The van der Waals surface area contributed by atoms with Gasteiger partial charge in [-0.3, -0.25) is 4.79 Å². The molecule has 0 radical (unpaired) electrons. The number of aromatic amines is 1. The SMILES string of the molecule is CCC(N)C1(c2ccc(F)cc2C)CCC(Oc2cc3cc[nH]c(=O)c3cc2Cl)CC1. The van der Waals surface area contributed by atoms with Crippen molar-refractivity contribution in [3.05, 3.63) is 74.9 Å². The van der Waals surface area contributed by atoms with Gasteiger partial charge in [0.15, 0.2) is 0 Å². The molecule has 4 nitrogen and oxygen atoms in total. The van der Waals surface area contributed by atoms with Gasteiger partial charge in [-0.2, -0.15) is 0 Å². The molecule has 3 N–H and O–H groups in total. The third-order valence-corrected chi connectivity index (χ3v) is 7.11. The van der Waals surface area contributed by atoms with Gasteiger partial charge in [0.05, 0.1) is 11.1 Å². The van der Waals surface area contributed by atoms with Gasteiger partial charge >= 0.3 is 0 Å². The molecule has 0 amide bonds. The lowest BCUT2D eigenvalue weighted by atomic mass is 9.63. The van der Waals surface area contributed by atoms with Crippen LogP contribution in [0, 0.1) is 12.7 Å². The highest BCUT2D eigenvalue weighted by molar-refractivity contribution is 6.32. The minimum absolute atomic E-state index is 0.00593. The summed E-state index contributed by atoms with van der Waals surface area (Å²) in [7, 11) is 0. The molecular formula is C25H28ClFN2O2. The molecule has 3 aromatic rings. The number of pyridine rings is 1. The highest BCUT2D eigenvalue weighted by Crippen LogP contribution is 2.45. The van der Waals surface area contributed by atoms with E-state index in [4.69, 9.17) is 22.1 Å². The Morgan fingerprint density at radius 1 is 1.26 bits per heavy atom. The predicted octanol–water partition coefficient (Wildman–Crippen LogP) is 5.63. The second-order valence-electron chi connectivity index (χ2n) is 8.62. The Labute approximate surface area is 186 Å². The number of aryl methyl sites for hydroxylation is 1. The molecule has 1 aliphatic carbocycles. The topological polar surface area (TPSA) is 68.1 Å². The van der Waals surface area contributed by atoms with E-state index in [2.05, 4.69) is 11.9 Å². The van der Waals surface area contributed by atoms with Crippen LogP contribution in [0.4, 0.5) is 4.39 Å². The number of halogens is 2. The number of aromatic nitrogens is 1. The molecule has 1 saturated carbocycles. The normalized spacial score (nSPS) is 22.4. The fraction of sp³-hybridized carbons (Fsp3) is 0.400. The minimum Gasteiger partial charge on any atom is -0.489 e. The van der Waals surface area contributed by atoms with Crippen LogP contribution in [0.15, 0.2) is 47.4 Å². The Morgan fingerprint density at radius 2 is 2.00 bits per heavy atom. The first kappa shape index (κ1) is 21.8. The summed E-state index contributed by atoms with van der Waals surface area (Å²) in [4.78, 5) is 14.6. The number of nitrogens with two attached hydrogens (primary N) is 1. The van der Waals surface area contributed by atoms with Gasteiger partial charge in [0.2, 0.25) is 0 Å². The lowest BCUT2D eigenvalue weighted by Gasteiger charge is -2.45. The third kappa shape index (κ3) is 4.09. The van der Waals surface area contributed by atoms with E-state index in [1.54, 1.807) is 18.3 Å². The van der Waals surface area contributed by atoms with E-state index in [1.807, 2.05) is 25.1 Å². The quantitative estimate of drug-likeness (QED) is 0.538. The van der Waals surface area contributed by atoms with Crippen LogP contribution in [0.2, 0.25) is 5.02 Å². The Morgan fingerprint density at radius 3 is 2.68 bits per heavy atom. The van der Waals surface area contributed by atoms with Gasteiger partial charge in [-0.25, -0.2) is 4.39 Å². The van der Waals surface area contributed by atoms with Gasteiger partial charge in [-0.05, 0) is 85.9 Å². The number of fused-ring (bicyclic) bond motifs is 1. The molecule has 6 heteroatoms. The fourth-order valence-corrected chi connectivity index (χ4v) is 5.31. The first-order valence-corrected chi connectivity index (χ1v) is 11.2. The lowest BCUT2D eigenvalue weighted by molar-refractivity contribution is 0.103. The van der Waals surface area contributed by atoms with Crippen LogP contribution in [0.5, 0.6) is 5.75 Å². The highest BCUT2D eigenvalue weighted by Gasteiger charge is 2.42. The van der Waals surface area contributed by atoms with E-state index >= 15 is 0 Å². The van der Waals surface area contributed by atoms with Crippen LogP contribution in [-0.2, 0) is 5.41 Å². The molecule has 31 heavy (non-hydrogen) atoms. The average Bonchev–Trinajstić information content (AvgIpc) is 2.75. The van der Waals surface area contributed by atoms with E-state index in [0.717, 1.165) is 48.6 Å². The van der Waals surface area contributed by atoms with E-state index in [9.17, 15) is 9.18 Å². The van der Waals surface area contributed by atoms with Crippen LogP contribution in [0.3, 0.4) is 0 Å². The summed E-state index contributed by atoms with van der Waals surface area (Å²) >= 11 is 6.42. The zero-order chi connectivity index (χ0) is 22.2. The van der Waals surface area contributed by atoms with E-state index in [0.29, 0.717) is 16.2 Å². The van der Waals surface area contributed by atoms with E-state index in [1.165, 1.54) is 6.07 Å². The maximum absolute atomic E-state index is 13.7. The van der Waals surface area contributed by atoms with Gasteiger partial charge in [0.25, 0.3) is 5.56 Å². The molecule has 4 rings (SSSR count). The highest BCUT2D eigenvalue weighted by atomic mass is 35.5. The van der Waals surface area contributed by atoms with Crippen molar-refractivity contribution in [2.24, 2.45) is 5.73 Å². The first-order valence-electron chi connectivity index (χ1n) is 10.8. The first-order chi connectivity index (χ1) is 14.8. The Hall–Kier alpha value is -2.37. The maximum atomic E-state index is 13.7. The Kier molecular flexibility index (Phi) is 6.09. The molecule has 1 aliphatic rings. The number of rotatable bonds is 5. The summed E-state index contributed by atoms with van der Waals surface area (Å²) in [5, 5.41) is 1.77. The standard InChI is InChI=1S/C25H28ClFN2O2/c1-3-23(28)25(20-5-4-17(27)12-15(20)2)9-6-18(7-10-25)31-22-13-16-8-11-29-24(30)19(16)14-21(22)26/h4-5,8,11-14,18,23H,3,6-7,9-10,28H2,1-2H3,(H,29,30). The Balaban J connectivity index is 1.57. The lowest BCUT2D eigenvalue weighted by Crippen LogP contribution is -2.49. The van der Waals surface area contributed by atoms with E-state index < -0.39 is 0 Å². The zero-order valence-electron chi connectivity index (χ0n) is 17.9. The van der Waals surface area contributed by atoms with Gasteiger partial charge in [0, 0.05) is 23.0 Å². The third-order valence-electron chi connectivity index (χ3n) is 6.82. The number of benzene rings is 2. The molecule has 1 atom stereocenters. The van der Waals surface area contributed by atoms with Crippen molar-refractivity contribution in [2.75, 3.05) is 0 Å². The van der Waals surface area contributed by atoms with Crippen molar-refractivity contribution < 1.29 is 9.13 Å². The molecule has 0 aliphatic heterocycles. The zero-order valence-corrected chi connectivity index (χ0v) is 18.6. The van der Waals surface area contributed by atoms with Crippen LogP contribution in [0.25, 0.3) is 10.8 Å². The second-order valence-corrected chi connectivity index (χ2v) is 9.03. The van der Waals surface area contributed by atoms with Crippen LogP contribution in [0.1, 0.15) is 50.2 Å². The summed E-state index contributed by atoms with van der Waals surface area (Å²) in [6.45, 7) is 4.06. The number of nitrogens with one attached hydrogen (secondary N) is 1. The number of hydrogen-bond donors (Lipinski definition) is 2. The minimum atomic E-state index is -0.219. The van der Waals surface area contributed by atoms with Crippen LogP contribution < -0.4 is 16.0 Å². The van der Waals surface area contributed by atoms with Crippen molar-refractivity contribution >= 4 is 22.4 Å². The molecule has 1 fully saturated rings. The largest absolute Gasteiger partial charge is 0.489 e. The summed E-state index contributed by atoms with van der Waals surface area (Å²) in [6, 6.07) is 10.4. The summed E-state index contributed by atoms with van der Waals surface area (Å²) in [5.74, 6) is 0.373. The monoisotopic (exact) mass is 442 g/mol. The average molecular weight is 443 g/mol. The van der Waals surface area contributed by atoms with Gasteiger partial charge in [-0.1, -0.05) is 24.6 Å². The summed E-state index contributed by atoms with van der Waals surface area (Å²) in [5.41, 5.74) is 8.37. The van der Waals surface area contributed by atoms with Crippen molar-refractivity contribution in [3.8, 4) is 5.75 Å². The summed E-state index contributed by atoms with van der Waals surface area (Å²) < 4.78 is 20.0. The molecule has 164 valence electrons. The molecule has 0 spiro atoms. The molecular weight excluding hydrogens is 415 g/mol. The van der Waals surface area contributed by atoms with Crippen molar-refractivity contribution in [3.63, 3.8) is 0 Å². The molecule has 1 aromatic heterocycles. The molecule has 2 aromatic carbocycles. The summed E-state index contributed by atoms with van der Waals surface area (Å²) in [6.07, 6.45) is 5.87. The second kappa shape index (κ2) is 8.64. The molecule has 1 unspecified atom stereocenters. The van der Waals surface area contributed by atoms with Crippen molar-refractivity contribution in [2.45, 2.75) is 63.5 Å². The molecule has 0 bridgehead atoms. The number of H-pyrrole nitrogens is 1. The van der Waals surface area contributed by atoms with Crippen molar-refractivity contribution in [1.29, 1.82) is 0 Å².